The molecule has 0 aliphatic carbocycles. The van der Waals surface area contributed by atoms with Gasteiger partial charge in [-0.25, -0.2) is 5.01 Å². The Morgan fingerprint density at radius 1 is 1.07 bits per heavy atom. The van der Waals surface area contributed by atoms with Crippen LogP contribution in [0.2, 0.25) is 0 Å². The summed E-state index contributed by atoms with van der Waals surface area (Å²) < 4.78 is 0. The van der Waals surface area contributed by atoms with Crippen LogP contribution >= 0.6 is 22.7 Å². The summed E-state index contributed by atoms with van der Waals surface area (Å²) >= 11 is 3.38. The summed E-state index contributed by atoms with van der Waals surface area (Å²) in [6.45, 7) is 1.27. The summed E-state index contributed by atoms with van der Waals surface area (Å²) in [4.78, 5) is 17.7. The van der Waals surface area contributed by atoms with Crippen molar-refractivity contribution in [1.82, 2.24) is 5.01 Å². The predicted octanol–water partition coefficient (Wildman–Crippen LogP) is 4.55. The maximum atomic E-state index is 13.2. The van der Waals surface area contributed by atoms with Gasteiger partial charge >= 0.3 is 0 Å². The first-order valence-electron chi connectivity index (χ1n) is 9.09. The van der Waals surface area contributed by atoms with E-state index in [1.807, 2.05) is 18.2 Å². The molecule has 0 spiro atoms. The van der Waals surface area contributed by atoms with Gasteiger partial charge in [-0.1, -0.05) is 30.3 Å². The molecule has 0 fully saturated rings. The molecule has 3 aromatic rings. The third kappa shape index (κ3) is 3.09. The molecule has 0 bridgehead atoms. The second-order valence-corrected chi connectivity index (χ2v) is 8.72. The van der Waals surface area contributed by atoms with E-state index in [2.05, 4.69) is 46.0 Å². The van der Waals surface area contributed by atoms with Crippen molar-refractivity contribution in [2.75, 3.05) is 18.0 Å². The van der Waals surface area contributed by atoms with Crippen LogP contribution in [-0.4, -0.2) is 29.7 Å². The number of fused-ring (bicyclic) bond motifs is 1. The van der Waals surface area contributed by atoms with Crippen molar-refractivity contribution in [2.45, 2.75) is 18.9 Å². The van der Waals surface area contributed by atoms with E-state index in [4.69, 9.17) is 5.10 Å². The van der Waals surface area contributed by atoms with Crippen LogP contribution in [0.5, 0.6) is 0 Å². The van der Waals surface area contributed by atoms with Gasteiger partial charge in [0.25, 0.3) is 5.91 Å². The molecule has 0 saturated carbocycles. The number of nitrogens with zero attached hydrogens (tertiary/aromatic N) is 3. The maximum Gasteiger partial charge on any atom is 0.262 e. The van der Waals surface area contributed by atoms with E-state index in [-0.39, 0.29) is 11.9 Å². The van der Waals surface area contributed by atoms with Gasteiger partial charge in [-0.15, -0.1) is 22.7 Å². The summed E-state index contributed by atoms with van der Waals surface area (Å²) in [7, 11) is 0. The Bertz CT molecular complexity index is 979. The molecule has 4 nitrogen and oxygen atoms in total. The minimum absolute atomic E-state index is 0.00690. The molecule has 4 heterocycles. The number of hydrogen-bond acceptors (Lipinski definition) is 5. The smallest absolute Gasteiger partial charge is 0.262 e. The zero-order valence-corrected chi connectivity index (χ0v) is 16.4. The predicted molar refractivity (Wildman–Crippen MR) is 112 cm³/mol. The number of carbonyl (C=O) groups is 1. The van der Waals surface area contributed by atoms with Crippen molar-refractivity contribution in [1.29, 1.82) is 0 Å². The number of hydrogen-bond donors (Lipinski definition) is 0. The van der Waals surface area contributed by atoms with Gasteiger partial charge < -0.3 is 4.90 Å². The molecule has 1 aromatic carbocycles. The molecule has 0 radical (unpaired) electrons. The van der Waals surface area contributed by atoms with Crippen LogP contribution in [0.25, 0.3) is 0 Å². The lowest BCUT2D eigenvalue weighted by Crippen LogP contribution is -2.37. The van der Waals surface area contributed by atoms with Crippen molar-refractivity contribution >= 4 is 40.0 Å². The first-order valence-corrected chi connectivity index (χ1v) is 10.9. The zero-order chi connectivity index (χ0) is 18.2. The summed E-state index contributed by atoms with van der Waals surface area (Å²) in [5.74, 6) is 0.0664. The highest BCUT2D eigenvalue weighted by molar-refractivity contribution is 7.12. The lowest BCUT2D eigenvalue weighted by molar-refractivity contribution is -0.131. The van der Waals surface area contributed by atoms with Gasteiger partial charge in [0, 0.05) is 23.5 Å². The van der Waals surface area contributed by atoms with Crippen LogP contribution in [0.4, 0.5) is 5.69 Å². The fraction of sp³-hybridized carbons (Fsp3) is 0.238. The van der Waals surface area contributed by atoms with Gasteiger partial charge in [-0.05, 0) is 40.9 Å². The van der Waals surface area contributed by atoms with Crippen LogP contribution in [-0.2, 0) is 11.2 Å². The summed E-state index contributed by atoms with van der Waals surface area (Å²) in [5, 5.41) is 10.6. The lowest BCUT2D eigenvalue weighted by Gasteiger charge is -2.25. The third-order valence-corrected chi connectivity index (χ3v) is 7.04. The Kier molecular flexibility index (Phi) is 4.30. The molecule has 2 aromatic heterocycles. The largest absolute Gasteiger partial charge is 0.362 e. The molecule has 1 atom stereocenters. The second-order valence-electron chi connectivity index (χ2n) is 6.80. The Labute approximate surface area is 166 Å². The second kappa shape index (κ2) is 6.94. The standard InChI is InChI=1S/C21H19N3OS2/c25-21(14-23-10-9-15-5-1-2-6-17(15)23)24-18(20-8-4-12-27-20)13-16(22-24)19-7-3-11-26-19/h1-8,11-12,18H,9-10,13-14H2/t18-/m1/s1. The average Bonchev–Trinajstić information content (AvgIpc) is 3.47. The number of carbonyl (C=O) groups excluding carboxylic acids is 1. The molecule has 27 heavy (non-hydrogen) atoms. The summed E-state index contributed by atoms with van der Waals surface area (Å²) in [6, 6.07) is 16.6. The fourth-order valence-electron chi connectivity index (χ4n) is 3.84. The molecular formula is C21H19N3OS2. The van der Waals surface area contributed by atoms with Gasteiger partial charge in [0.1, 0.15) is 0 Å². The van der Waals surface area contributed by atoms with Crippen LogP contribution in [0.15, 0.2) is 64.4 Å². The van der Waals surface area contributed by atoms with Crippen molar-refractivity contribution < 1.29 is 4.79 Å². The van der Waals surface area contributed by atoms with E-state index in [0.29, 0.717) is 6.54 Å². The minimum atomic E-state index is 0.00690. The highest BCUT2D eigenvalue weighted by Crippen LogP contribution is 2.36. The molecule has 2 aliphatic heterocycles. The average molecular weight is 394 g/mol. The number of hydrazone groups is 1. The number of anilines is 1. The van der Waals surface area contributed by atoms with E-state index in [9.17, 15) is 4.79 Å². The van der Waals surface area contributed by atoms with E-state index < -0.39 is 0 Å². The molecular weight excluding hydrogens is 374 g/mol. The number of rotatable bonds is 4. The van der Waals surface area contributed by atoms with Crippen molar-refractivity contribution in [3.05, 3.63) is 74.6 Å². The SMILES string of the molecule is O=C(CN1CCc2ccccc21)N1N=C(c2cccs2)C[C@@H]1c1cccs1. The lowest BCUT2D eigenvalue weighted by atomic mass is 10.1. The molecule has 5 rings (SSSR count). The summed E-state index contributed by atoms with van der Waals surface area (Å²) in [5.41, 5.74) is 3.52. The number of amides is 1. The molecule has 136 valence electrons. The van der Waals surface area contributed by atoms with Gasteiger partial charge in [0.05, 0.1) is 23.2 Å². The van der Waals surface area contributed by atoms with Crippen LogP contribution in [0, 0.1) is 0 Å². The topological polar surface area (TPSA) is 35.9 Å². The fourth-order valence-corrected chi connectivity index (χ4v) is 5.37. The van der Waals surface area contributed by atoms with Crippen LogP contribution in [0.3, 0.4) is 0 Å². The van der Waals surface area contributed by atoms with Crippen molar-refractivity contribution in [3.63, 3.8) is 0 Å². The normalized spacial score (nSPS) is 18.7. The first kappa shape index (κ1) is 16.7. The van der Waals surface area contributed by atoms with Crippen LogP contribution < -0.4 is 4.90 Å². The Morgan fingerprint density at radius 3 is 2.74 bits per heavy atom. The van der Waals surface area contributed by atoms with Gasteiger partial charge in [0.15, 0.2) is 0 Å². The van der Waals surface area contributed by atoms with E-state index in [1.165, 1.54) is 16.1 Å². The highest BCUT2D eigenvalue weighted by atomic mass is 32.1. The van der Waals surface area contributed by atoms with Gasteiger partial charge in [0.2, 0.25) is 0 Å². The Hall–Kier alpha value is -2.44. The molecule has 0 N–H and O–H groups in total. The monoisotopic (exact) mass is 393 g/mol. The Morgan fingerprint density at radius 2 is 1.93 bits per heavy atom. The third-order valence-electron chi connectivity index (χ3n) is 5.15. The zero-order valence-electron chi connectivity index (χ0n) is 14.7. The minimum Gasteiger partial charge on any atom is -0.362 e. The van der Waals surface area contributed by atoms with Crippen LogP contribution in [0.1, 0.15) is 27.8 Å². The van der Waals surface area contributed by atoms with Crippen molar-refractivity contribution in [2.24, 2.45) is 5.10 Å². The Balaban J connectivity index is 1.41. The first-order chi connectivity index (χ1) is 13.3. The molecule has 2 aliphatic rings. The summed E-state index contributed by atoms with van der Waals surface area (Å²) in [6.07, 6.45) is 1.78. The number of thiophene rings is 2. The highest BCUT2D eigenvalue weighted by Gasteiger charge is 2.35. The molecule has 1 amide bonds. The van der Waals surface area contributed by atoms with E-state index in [0.717, 1.165) is 30.0 Å². The van der Waals surface area contributed by atoms with E-state index >= 15 is 0 Å². The van der Waals surface area contributed by atoms with Crippen molar-refractivity contribution in [3.8, 4) is 0 Å². The maximum absolute atomic E-state index is 13.2. The number of para-hydroxylation sites is 1. The number of benzene rings is 1. The van der Waals surface area contributed by atoms with Gasteiger partial charge in [-0.2, -0.15) is 5.10 Å². The molecule has 0 unspecified atom stereocenters. The van der Waals surface area contributed by atoms with Gasteiger partial charge in [-0.3, -0.25) is 4.79 Å². The van der Waals surface area contributed by atoms with E-state index in [1.54, 1.807) is 27.7 Å². The quantitative estimate of drug-likeness (QED) is 0.652. The molecule has 0 saturated heterocycles. The molecule has 6 heteroatoms.